The highest BCUT2D eigenvalue weighted by molar-refractivity contribution is 6.30. The second-order valence-electron chi connectivity index (χ2n) is 3.46. The van der Waals surface area contributed by atoms with Gasteiger partial charge in [0, 0.05) is 6.54 Å². The molecule has 0 bridgehead atoms. The van der Waals surface area contributed by atoms with E-state index >= 15 is 0 Å². The van der Waals surface area contributed by atoms with Crippen molar-refractivity contribution in [1.82, 2.24) is 9.55 Å². The summed E-state index contributed by atoms with van der Waals surface area (Å²) < 4.78 is 2.02. The topological polar surface area (TPSA) is 43.8 Å². The van der Waals surface area contributed by atoms with E-state index in [4.69, 9.17) is 17.3 Å². The summed E-state index contributed by atoms with van der Waals surface area (Å²) in [6.45, 7) is 3.19. The molecule has 0 aromatic carbocycles. The number of halogens is 1. The van der Waals surface area contributed by atoms with E-state index in [1.807, 2.05) is 4.57 Å². The lowest BCUT2D eigenvalue weighted by Crippen LogP contribution is -2.18. The lowest BCUT2D eigenvalue weighted by Gasteiger charge is -2.20. The van der Waals surface area contributed by atoms with Crippen LogP contribution in [0.3, 0.4) is 0 Å². The average molecular weight is 186 g/mol. The molecule has 0 spiro atoms. The van der Waals surface area contributed by atoms with E-state index in [1.54, 1.807) is 0 Å². The Morgan fingerprint density at radius 3 is 3.17 bits per heavy atom. The third-order valence-electron chi connectivity index (χ3n) is 2.44. The van der Waals surface area contributed by atoms with Gasteiger partial charge in [0.25, 0.3) is 0 Å². The molecule has 1 unspecified atom stereocenters. The van der Waals surface area contributed by atoms with Crippen LogP contribution in [0.2, 0.25) is 5.15 Å². The summed E-state index contributed by atoms with van der Waals surface area (Å²) in [5.41, 5.74) is 6.78. The van der Waals surface area contributed by atoms with Crippen LogP contribution in [0.25, 0.3) is 0 Å². The van der Waals surface area contributed by atoms with Crippen molar-refractivity contribution in [2.24, 2.45) is 5.92 Å². The Kier molecular flexibility index (Phi) is 1.76. The van der Waals surface area contributed by atoms with E-state index in [9.17, 15) is 0 Å². The fraction of sp³-hybridized carbons (Fsp3) is 0.625. The number of nitrogens with two attached hydrogens (primary N) is 1. The van der Waals surface area contributed by atoms with Crippen LogP contribution in [-0.2, 0) is 13.0 Å². The fourth-order valence-corrected chi connectivity index (χ4v) is 1.97. The van der Waals surface area contributed by atoms with Crippen molar-refractivity contribution in [3.05, 3.63) is 10.8 Å². The highest BCUT2D eigenvalue weighted by atomic mass is 35.5. The summed E-state index contributed by atoms with van der Waals surface area (Å²) in [6.07, 6.45) is 2.17. The van der Waals surface area contributed by atoms with E-state index in [-0.39, 0.29) is 0 Å². The first-order chi connectivity index (χ1) is 5.68. The number of fused-ring (bicyclic) bond motifs is 1. The fourth-order valence-electron chi connectivity index (χ4n) is 1.70. The maximum Gasteiger partial charge on any atom is 0.201 e. The minimum absolute atomic E-state index is 0.557. The summed E-state index contributed by atoms with van der Waals surface area (Å²) in [7, 11) is 0. The van der Waals surface area contributed by atoms with Gasteiger partial charge in [0.05, 0.1) is 5.69 Å². The SMILES string of the molecule is CC1CCn2c(N)nc(Cl)c2C1. The van der Waals surface area contributed by atoms with Gasteiger partial charge in [-0.2, -0.15) is 0 Å². The zero-order chi connectivity index (χ0) is 8.72. The third-order valence-corrected chi connectivity index (χ3v) is 2.74. The molecule has 0 saturated carbocycles. The molecule has 1 aromatic heterocycles. The van der Waals surface area contributed by atoms with Crippen LogP contribution in [0.15, 0.2) is 0 Å². The van der Waals surface area contributed by atoms with E-state index in [0.29, 0.717) is 17.0 Å². The molecule has 1 aliphatic rings. The quantitative estimate of drug-likeness (QED) is 0.669. The minimum Gasteiger partial charge on any atom is -0.369 e. The maximum absolute atomic E-state index is 5.92. The van der Waals surface area contributed by atoms with Crippen LogP contribution in [0.1, 0.15) is 19.0 Å². The van der Waals surface area contributed by atoms with Crippen molar-refractivity contribution in [3.63, 3.8) is 0 Å². The summed E-state index contributed by atoms with van der Waals surface area (Å²) in [6, 6.07) is 0. The zero-order valence-corrected chi connectivity index (χ0v) is 7.80. The van der Waals surface area contributed by atoms with Crippen LogP contribution in [0, 0.1) is 5.92 Å². The molecule has 2 heterocycles. The molecule has 12 heavy (non-hydrogen) atoms. The number of imidazole rings is 1. The summed E-state index contributed by atoms with van der Waals surface area (Å²) in [5.74, 6) is 1.26. The summed E-state index contributed by atoms with van der Waals surface area (Å²) in [4.78, 5) is 4.03. The monoisotopic (exact) mass is 185 g/mol. The van der Waals surface area contributed by atoms with Crippen LogP contribution in [0.4, 0.5) is 5.95 Å². The highest BCUT2D eigenvalue weighted by Gasteiger charge is 2.20. The highest BCUT2D eigenvalue weighted by Crippen LogP contribution is 2.27. The first-order valence-electron chi connectivity index (χ1n) is 4.19. The van der Waals surface area contributed by atoms with Gasteiger partial charge in [0.1, 0.15) is 0 Å². The van der Waals surface area contributed by atoms with E-state index < -0.39 is 0 Å². The number of hydrogen-bond acceptors (Lipinski definition) is 2. The van der Waals surface area contributed by atoms with Gasteiger partial charge in [0.2, 0.25) is 5.95 Å². The Morgan fingerprint density at radius 1 is 1.67 bits per heavy atom. The lowest BCUT2D eigenvalue weighted by atomic mass is 9.99. The molecule has 66 valence electrons. The molecule has 0 radical (unpaired) electrons. The standard InChI is InChI=1S/C8H12ClN3/c1-5-2-3-12-6(4-5)7(9)11-8(12)10/h5H,2-4H2,1H3,(H2,10,11). The molecular weight excluding hydrogens is 174 g/mol. The first kappa shape index (κ1) is 7.92. The Morgan fingerprint density at radius 2 is 2.42 bits per heavy atom. The molecule has 3 nitrogen and oxygen atoms in total. The van der Waals surface area contributed by atoms with Gasteiger partial charge < -0.3 is 10.3 Å². The van der Waals surface area contributed by atoms with Crippen LogP contribution >= 0.6 is 11.6 Å². The minimum atomic E-state index is 0.557. The molecule has 1 atom stereocenters. The third kappa shape index (κ3) is 1.08. The van der Waals surface area contributed by atoms with Crippen molar-refractivity contribution >= 4 is 17.5 Å². The van der Waals surface area contributed by atoms with Gasteiger partial charge in [-0.15, -0.1) is 0 Å². The van der Waals surface area contributed by atoms with Gasteiger partial charge in [0.15, 0.2) is 5.15 Å². The smallest absolute Gasteiger partial charge is 0.201 e. The largest absolute Gasteiger partial charge is 0.369 e. The van der Waals surface area contributed by atoms with E-state index in [1.165, 1.54) is 6.42 Å². The molecular formula is C8H12ClN3. The number of nitrogen functional groups attached to an aromatic ring is 1. The molecule has 0 fully saturated rings. The predicted octanol–water partition coefficient (Wildman–Crippen LogP) is 1.70. The van der Waals surface area contributed by atoms with Gasteiger partial charge in [-0.25, -0.2) is 4.98 Å². The number of hydrogen-bond donors (Lipinski definition) is 1. The van der Waals surface area contributed by atoms with Crippen molar-refractivity contribution in [3.8, 4) is 0 Å². The number of rotatable bonds is 0. The van der Waals surface area contributed by atoms with Crippen molar-refractivity contribution in [2.45, 2.75) is 26.3 Å². The van der Waals surface area contributed by atoms with Gasteiger partial charge in [-0.05, 0) is 18.8 Å². The number of aromatic nitrogens is 2. The normalized spacial score (nSPS) is 22.3. The molecule has 2 rings (SSSR count). The lowest BCUT2D eigenvalue weighted by molar-refractivity contribution is 0.420. The Balaban J connectivity index is 2.45. The second-order valence-corrected chi connectivity index (χ2v) is 3.82. The van der Waals surface area contributed by atoms with E-state index in [0.717, 1.165) is 18.7 Å². The molecule has 1 aliphatic heterocycles. The zero-order valence-electron chi connectivity index (χ0n) is 7.05. The Hall–Kier alpha value is -0.700. The number of anilines is 1. The predicted molar refractivity (Wildman–Crippen MR) is 49.1 cm³/mol. The van der Waals surface area contributed by atoms with Crippen LogP contribution in [0.5, 0.6) is 0 Å². The molecule has 0 saturated heterocycles. The van der Waals surface area contributed by atoms with Crippen molar-refractivity contribution in [2.75, 3.05) is 5.73 Å². The molecule has 4 heteroatoms. The van der Waals surface area contributed by atoms with Gasteiger partial charge in [-0.3, -0.25) is 0 Å². The Bertz CT molecular complexity index is 305. The van der Waals surface area contributed by atoms with E-state index in [2.05, 4.69) is 11.9 Å². The molecule has 2 N–H and O–H groups in total. The van der Waals surface area contributed by atoms with Crippen LogP contribution < -0.4 is 5.73 Å². The van der Waals surface area contributed by atoms with Gasteiger partial charge in [-0.1, -0.05) is 18.5 Å². The first-order valence-corrected chi connectivity index (χ1v) is 4.56. The second kappa shape index (κ2) is 2.66. The molecule has 0 aliphatic carbocycles. The van der Waals surface area contributed by atoms with Crippen molar-refractivity contribution in [1.29, 1.82) is 0 Å². The van der Waals surface area contributed by atoms with Crippen LogP contribution in [-0.4, -0.2) is 9.55 Å². The van der Waals surface area contributed by atoms with Crippen molar-refractivity contribution < 1.29 is 0 Å². The molecule has 1 aromatic rings. The summed E-state index contributed by atoms with van der Waals surface area (Å²) in [5, 5.41) is 0.582. The van der Waals surface area contributed by atoms with Gasteiger partial charge >= 0.3 is 0 Å². The number of nitrogens with zero attached hydrogens (tertiary/aromatic N) is 2. The average Bonchev–Trinajstić information content (AvgIpc) is 2.28. The maximum atomic E-state index is 5.92. The Labute approximate surface area is 76.5 Å². The molecule has 0 amide bonds. The summed E-state index contributed by atoms with van der Waals surface area (Å²) >= 11 is 5.92.